The van der Waals surface area contributed by atoms with Crippen LogP contribution in [0.15, 0.2) is 29.3 Å². The first-order chi connectivity index (χ1) is 13.6. The predicted molar refractivity (Wildman–Crippen MR) is 126 cm³/mol. The third-order valence-electron chi connectivity index (χ3n) is 5.55. The predicted octanol–water partition coefficient (Wildman–Crippen LogP) is 2.19. The van der Waals surface area contributed by atoms with Gasteiger partial charge in [-0.2, -0.15) is 0 Å². The van der Waals surface area contributed by atoms with Crippen molar-refractivity contribution in [1.82, 2.24) is 20.4 Å². The highest BCUT2D eigenvalue weighted by Gasteiger charge is 2.34. The van der Waals surface area contributed by atoms with Crippen molar-refractivity contribution in [2.24, 2.45) is 10.9 Å². The van der Waals surface area contributed by atoms with Gasteiger partial charge in [-0.3, -0.25) is 19.5 Å². The van der Waals surface area contributed by atoms with Gasteiger partial charge in [0.25, 0.3) is 11.8 Å². The van der Waals surface area contributed by atoms with E-state index in [-0.39, 0.29) is 35.8 Å². The standard InChI is InChI=1S/C21H31N5O2.HI/c1-16-8-13-25(14-9-16)12-5-10-23-21(22-2)24-11-15-26-19(27)17-6-3-4-7-18(17)20(26)28;/h3-4,6-7,16H,5,8-15H2,1-2H3,(H2,22,23,24);1H. The number of piperidine rings is 1. The van der Waals surface area contributed by atoms with Gasteiger partial charge in [0, 0.05) is 26.7 Å². The van der Waals surface area contributed by atoms with Crippen LogP contribution in [0.1, 0.15) is 46.9 Å². The molecule has 160 valence electrons. The van der Waals surface area contributed by atoms with Crippen LogP contribution in [0.3, 0.4) is 0 Å². The zero-order valence-electron chi connectivity index (χ0n) is 17.3. The highest BCUT2D eigenvalue weighted by Crippen LogP contribution is 2.21. The maximum absolute atomic E-state index is 12.4. The number of carbonyl (C=O) groups is 2. The van der Waals surface area contributed by atoms with Gasteiger partial charge in [-0.25, -0.2) is 0 Å². The lowest BCUT2D eigenvalue weighted by Crippen LogP contribution is -2.43. The first kappa shape index (κ1) is 23.6. The molecule has 0 aliphatic carbocycles. The molecule has 8 heteroatoms. The summed E-state index contributed by atoms with van der Waals surface area (Å²) in [6, 6.07) is 6.96. The van der Waals surface area contributed by atoms with Gasteiger partial charge < -0.3 is 15.5 Å². The zero-order chi connectivity index (χ0) is 19.9. The molecule has 2 aliphatic heterocycles. The molecule has 1 aromatic carbocycles. The highest BCUT2D eigenvalue weighted by molar-refractivity contribution is 14.0. The van der Waals surface area contributed by atoms with Gasteiger partial charge >= 0.3 is 0 Å². The number of guanidine groups is 1. The summed E-state index contributed by atoms with van der Waals surface area (Å²) < 4.78 is 0. The fourth-order valence-corrected chi connectivity index (χ4v) is 3.74. The third-order valence-corrected chi connectivity index (χ3v) is 5.55. The lowest BCUT2D eigenvalue weighted by molar-refractivity contribution is 0.0657. The van der Waals surface area contributed by atoms with Crippen LogP contribution in [-0.2, 0) is 0 Å². The Morgan fingerprint density at radius 3 is 2.21 bits per heavy atom. The number of imide groups is 1. The quantitative estimate of drug-likeness (QED) is 0.192. The van der Waals surface area contributed by atoms with Gasteiger partial charge in [-0.1, -0.05) is 19.1 Å². The number of rotatable bonds is 7. The lowest BCUT2D eigenvalue weighted by Gasteiger charge is -2.30. The molecule has 7 nitrogen and oxygen atoms in total. The normalized spacial score (nSPS) is 17.9. The van der Waals surface area contributed by atoms with E-state index in [4.69, 9.17) is 0 Å². The van der Waals surface area contributed by atoms with Gasteiger partial charge in [-0.05, 0) is 56.9 Å². The SMILES string of the molecule is CN=C(NCCCN1CCC(C)CC1)NCCN1C(=O)c2ccccc2C1=O.I. The average Bonchev–Trinajstić information content (AvgIpc) is 2.96. The summed E-state index contributed by atoms with van der Waals surface area (Å²) in [6.07, 6.45) is 3.66. The van der Waals surface area contributed by atoms with Crippen LogP contribution >= 0.6 is 24.0 Å². The summed E-state index contributed by atoms with van der Waals surface area (Å²) in [5.74, 6) is 1.12. The summed E-state index contributed by atoms with van der Waals surface area (Å²) in [5.41, 5.74) is 0.976. The molecule has 0 aromatic heterocycles. The molecule has 1 saturated heterocycles. The van der Waals surface area contributed by atoms with E-state index in [2.05, 4.69) is 27.4 Å². The molecule has 0 bridgehead atoms. The number of amides is 2. The summed E-state index contributed by atoms with van der Waals surface area (Å²) in [7, 11) is 1.73. The van der Waals surface area contributed by atoms with Crippen molar-refractivity contribution in [3.05, 3.63) is 35.4 Å². The molecule has 0 spiro atoms. The van der Waals surface area contributed by atoms with Crippen molar-refractivity contribution in [2.45, 2.75) is 26.2 Å². The highest BCUT2D eigenvalue weighted by atomic mass is 127. The Labute approximate surface area is 190 Å². The molecule has 1 fully saturated rings. The molecule has 2 heterocycles. The average molecular weight is 513 g/mol. The second kappa shape index (κ2) is 11.5. The summed E-state index contributed by atoms with van der Waals surface area (Å²) in [6.45, 7) is 7.47. The van der Waals surface area contributed by atoms with Crippen LogP contribution in [0, 0.1) is 5.92 Å². The Hall–Kier alpha value is -1.68. The Kier molecular flexibility index (Phi) is 9.35. The smallest absolute Gasteiger partial charge is 0.261 e. The minimum absolute atomic E-state index is 0. The molecule has 0 unspecified atom stereocenters. The first-order valence-electron chi connectivity index (χ1n) is 10.2. The monoisotopic (exact) mass is 513 g/mol. The number of fused-ring (bicyclic) bond motifs is 1. The Morgan fingerprint density at radius 1 is 1.03 bits per heavy atom. The number of hydrogen-bond acceptors (Lipinski definition) is 4. The number of likely N-dealkylation sites (tertiary alicyclic amines) is 1. The van der Waals surface area contributed by atoms with Gasteiger partial charge in [0.1, 0.15) is 0 Å². The molecular weight excluding hydrogens is 481 g/mol. The number of nitrogens with zero attached hydrogens (tertiary/aromatic N) is 3. The van der Waals surface area contributed by atoms with Crippen LogP contribution in [-0.4, -0.2) is 73.9 Å². The van der Waals surface area contributed by atoms with Crippen molar-refractivity contribution in [1.29, 1.82) is 0 Å². The van der Waals surface area contributed by atoms with Crippen LogP contribution in [0.25, 0.3) is 0 Å². The topological polar surface area (TPSA) is 77.0 Å². The van der Waals surface area contributed by atoms with Crippen molar-refractivity contribution < 1.29 is 9.59 Å². The van der Waals surface area contributed by atoms with E-state index in [0.717, 1.165) is 25.4 Å². The van der Waals surface area contributed by atoms with E-state index >= 15 is 0 Å². The molecule has 1 aromatic rings. The van der Waals surface area contributed by atoms with E-state index in [1.807, 2.05) is 0 Å². The van der Waals surface area contributed by atoms with Crippen molar-refractivity contribution in [3.63, 3.8) is 0 Å². The van der Waals surface area contributed by atoms with E-state index in [0.29, 0.717) is 30.2 Å². The molecule has 3 rings (SSSR count). The Balaban J connectivity index is 0.00000300. The van der Waals surface area contributed by atoms with Crippen molar-refractivity contribution >= 4 is 41.8 Å². The van der Waals surface area contributed by atoms with Gasteiger partial charge in [0.05, 0.1) is 11.1 Å². The Bertz CT molecular complexity index is 697. The molecule has 2 N–H and O–H groups in total. The molecule has 0 atom stereocenters. The van der Waals surface area contributed by atoms with Crippen LogP contribution in [0.2, 0.25) is 0 Å². The second-order valence-corrected chi connectivity index (χ2v) is 7.61. The van der Waals surface area contributed by atoms with E-state index in [1.54, 1.807) is 31.3 Å². The number of hydrogen-bond donors (Lipinski definition) is 2. The minimum atomic E-state index is -0.221. The molecule has 29 heavy (non-hydrogen) atoms. The number of nitrogens with one attached hydrogen (secondary N) is 2. The fraction of sp³-hybridized carbons (Fsp3) is 0.571. The molecule has 2 amide bonds. The first-order valence-corrected chi connectivity index (χ1v) is 10.2. The molecule has 0 saturated carbocycles. The maximum atomic E-state index is 12.4. The van der Waals surface area contributed by atoms with E-state index < -0.39 is 0 Å². The largest absolute Gasteiger partial charge is 0.356 e. The van der Waals surface area contributed by atoms with E-state index in [1.165, 1.54) is 30.8 Å². The van der Waals surface area contributed by atoms with Gasteiger partial charge in [-0.15, -0.1) is 24.0 Å². The number of halogens is 1. The summed E-state index contributed by atoms with van der Waals surface area (Å²) in [4.78, 5) is 32.8. The maximum Gasteiger partial charge on any atom is 0.261 e. The summed E-state index contributed by atoms with van der Waals surface area (Å²) >= 11 is 0. The molecule has 2 aliphatic rings. The van der Waals surface area contributed by atoms with Crippen molar-refractivity contribution in [2.75, 3.05) is 46.3 Å². The summed E-state index contributed by atoms with van der Waals surface area (Å²) in [5, 5.41) is 6.49. The Morgan fingerprint density at radius 2 is 1.62 bits per heavy atom. The lowest BCUT2D eigenvalue weighted by atomic mass is 9.99. The van der Waals surface area contributed by atoms with Gasteiger partial charge in [0.15, 0.2) is 5.96 Å². The van der Waals surface area contributed by atoms with Gasteiger partial charge in [0.2, 0.25) is 0 Å². The fourth-order valence-electron chi connectivity index (χ4n) is 3.74. The zero-order valence-corrected chi connectivity index (χ0v) is 19.6. The molecular formula is C21H32IN5O2. The number of aliphatic imine (C=N–C) groups is 1. The number of benzene rings is 1. The number of carbonyl (C=O) groups excluding carboxylic acids is 2. The third kappa shape index (κ3) is 6.15. The van der Waals surface area contributed by atoms with E-state index in [9.17, 15) is 9.59 Å². The minimum Gasteiger partial charge on any atom is -0.356 e. The van der Waals surface area contributed by atoms with Crippen LogP contribution < -0.4 is 10.6 Å². The molecule has 0 radical (unpaired) electrons. The van der Waals surface area contributed by atoms with Crippen LogP contribution in [0.5, 0.6) is 0 Å². The van der Waals surface area contributed by atoms with Crippen molar-refractivity contribution in [3.8, 4) is 0 Å². The van der Waals surface area contributed by atoms with Crippen LogP contribution in [0.4, 0.5) is 0 Å². The second-order valence-electron chi connectivity index (χ2n) is 7.61.